The molecule has 3 rings (SSSR count). The van der Waals surface area contributed by atoms with E-state index in [-0.39, 0.29) is 5.91 Å². The summed E-state index contributed by atoms with van der Waals surface area (Å²) in [5.41, 5.74) is 0.509. The van der Waals surface area contributed by atoms with Gasteiger partial charge in [-0.2, -0.15) is 0 Å². The van der Waals surface area contributed by atoms with Crippen molar-refractivity contribution in [3.63, 3.8) is 0 Å². The van der Waals surface area contributed by atoms with Crippen molar-refractivity contribution in [2.75, 3.05) is 26.2 Å². The van der Waals surface area contributed by atoms with Gasteiger partial charge in [0.25, 0.3) is 0 Å². The summed E-state index contributed by atoms with van der Waals surface area (Å²) in [4.78, 5) is 14.4. The van der Waals surface area contributed by atoms with Crippen LogP contribution in [0.3, 0.4) is 0 Å². The molecule has 3 fully saturated rings. The summed E-state index contributed by atoms with van der Waals surface area (Å²) in [6.07, 6.45) is 5.47. The second-order valence-corrected chi connectivity index (χ2v) is 5.92. The molecule has 0 radical (unpaired) electrons. The zero-order chi connectivity index (χ0) is 13.9. The van der Waals surface area contributed by atoms with Crippen molar-refractivity contribution in [3.8, 4) is 0 Å². The van der Waals surface area contributed by atoms with E-state index in [4.69, 9.17) is 0 Å². The Kier molecular flexibility index (Phi) is 4.63. The number of amides is 1. The molecule has 19 heavy (non-hydrogen) atoms. The molecule has 108 valence electrons. The lowest BCUT2D eigenvalue weighted by Crippen LogP contribution is -2.44. The minimum atomic E-state index is -0.761. The molecular formula is C15H26N2O2. The van der Waals surface area contributed by atoms with Crippen LogP contribution in [0.2, 0.25) is 0 Å². The number of fused-ring (bicyclic) bond motifs is 3. The van der Waals surface area contributed by atoms with Crippen LogP contribution in [-0.2, 0) is 4.79 Å². The van der Waals surface area contributed by atoms with E-state index in [1.54, 1.807) is 6.08 Å². The van der Waals surface area contributed by atoms with Crippen LogP contribution in [0.4, 0.5) is 0 Å². The van der Waals surface area contributed by atoms with Crippen molar-refractivity contribution in [1.29, 1.82) is 0 Å². The highest BCUT2D eigenvalue weighted by Crippen LogP contribution is 2.31. The molecule has 4 heteroatoms. The quantitative estimate of drug-likeness (QED) is 0.738. The molecule has 3 aliphatic rings. The first-order chi connectivity index (χ1) is 9.06. The molecule has 3 saturated heterocycles. The zero-order valence-corrected chi connectivity index (χ0v) is 12.1. The molecule has 4 nitrogen and oxygen atoms in total. The van der Waals surface area contributed by atoms with E-state index in [1.165, 1.54) is 31.5 Å². The molecular weight excluding hydrogens is 240 g/mol. The molecule has 2 N–H and O–H groups in total. The van der Waals surface area contributed by atoms with Gasteiger partial charge in [0.05, 0.1) is 5.60 Å². The first kappa shape index (κ1) is 14.5. The Morgan fingerprint density at radius 1 is 1.42 bits per heavy atom. The first-order valence-corrected chi connectivity index (χ1v) is 7.49. The van der Waals surface area contributed by atoms with Crippen LogP contribution in [0, 0.1) is 5.92 Å². The molecule has 0 unspecified atom stereocenters. The molecule has 0 saturated carbocycles. The molecule has 1 amide bonds. The predicted octanol–water partition coefficient (Wildman–Crippen LogP) is 1.31. The summed E-state index contributed by atoms with van der Waals surface area (Å²) >= 11 is 0. The highest BCUT2D eigenvalue weighted by atomic mass is 16.3. The topological polar surface area (TPSA) is 52.6 Å². The van der Waals surface area contributed by atoms with Gasteiger partial charge in [-0.1, -0.05) is 13.8 Å². The highest BCUT2D eigenvalue weighted by molar-refractivity contribution is 5.88. The number of aliphatic hydroxyl groups is 1. The first-order valence-electron chi connectivity index (χ1n) is 7.49. The van der Waals surface area contributed by atoms with Gasteiger partial charge in [0.15, 0.2) is 0 Å². The maximum atomic E-state index is 11.9. The van der Waals surface area contributed by atoms with Crippen LogP contribution in [-0.4, -0.2) is 47.7 Å². The SMILES string of the molecule is CCC(O)(CC)CNC(=O)/C=C1/CN2CCC1CC2. The van der Waals surface area contributed by atoms with E-state index < -0.39 is 5.60 Å². The number of hydrogen-bond donors (Lipinski definition) is 2. The average molecular weight is 266 g/mol. The molecule has 0 atom stereocenters. The minimum absolute atomic E-state index is 0.0518. The van der Waals surface area contributed by atoms with Gasteiger partial charge in [0.2, 0.25) is 5.91 Å². The van der Waals surface area contributed by atoms with Crippen LogP contribution < -0.4 is 5.32 Å². The number of nitrogens with zero attached hydrogens (tertiary/aromatic N) is 1. The number of rotatable bonds is 5. The third kappa shape index (κ3) is 3.57. The van der Waals surface area contributed by atoms with Gasteiger partial charge in [-0.25, -0.2) is 0 Å². The Bertz CT molecular complexity index is 353. The fraction of sp³-hybridized carbons (Fsp3) is 0.800. The lowest BCUT2D eigenvalue weighted by Gasteiger charge is -2.41. The number of nitrogens with one attached hydrogen (secondary N) is 1. The molecule has 0 aromatic rings. The van der Waals surface area contributed by atoms with Gasteiger partial charge < -0.3 is 10.4 Å². The van der Waals surface area contributed by atoms with Crippen LogP contribution in [0.25, 0.3) is 0 Å². The minimum Gasteiger partial charge on any atom is -0.388 e. The van der Waals surface area contributed by atoms with Gasteiger partial charge in [0.1, 0.15) is 0 Å². The van der Waals surface area contributed by atoms with Crippen molar-refractivity contribution >= 4 is 5.91 Å². The highest BCUT2D eigenvalue weighted by Gasteiger charge is 2.30. The van der Waals surface area contributed by atoms with Crippen LogP contribution >= 0.6 is 0 Å². The average Bonchev–Trinajstić information content (AvgIpc) is 2.46. The van der Waals surface area contributed by atoms with Crippen LogP contribution in [0.1, 0.15) is 39.5 Å². The number of hydrogen-bond acceptors (Lipinski definition) is 3. The van der Waals surface area contributed by atoms with Crippen molar-refractivity contribution < 1.29 is 9.90 Å². The van der Waals surface area contributed by atoms with E-state index in [9.17, 15) is 9.90 Å². The maximum absolute atomic E-state index is 11.9. The summed E-state index contributed by atoms with van der Waals surface area (Å²) in [6, 6.07) is 0. The van der Waals surface area contributed by atoms with Crippen molar-refractivity contribution in [1.82, 2.24) is 10.2 Å². The fourth-order valence-electron chi connectivity index (χ4n) is 2.98. The lowest BCUT2D eigenvalue weighted by molar-refractivity contribution is -0.118. The Hall–Kier alpha value is -0.870. The zero-order valence-electron chi connectivity index (χ0n) is 12.1. The fourth-order valence-corrected chi connectivity index (χ4v) is 2.98. The van der Waals surface area contributed by atoms with E-state index in [0.717, 1.165) is 6.54 Å². The predicted molar refractivity (Wildman–Crippen MR) is 75.8 cm³/mol. The Balaban J connectivity index is 1.87. The number of piperidine rings is 3. The molecule has 0 aromatic carbocycles. The Labute approximate surface area is 115 Å². The van der Waals surface area contributed by atoms with Gasteiger partial charge >= 0.3 is 0 Å². The van der Waals surface area contributed by atoms with E-state index in [1.807, 2.05) is 13.8 Å². The summed E-state index contributed by atoms with van der Waals surface area (Å²) < 4.78 is 0. The normalized spacial score (nSPS) is 28.7. The lowest BCUT2D eigenvalue weighted by atomic mass is 9.83. The van der Waals surface area contributed by atoms with Gasteiger partial charge in [-0.3, -0.25) is 9.69 Å². The number of carbonyl (C=O) groups excluding carboxylic acids is 1. The third-order valence-corrected chi connectivity index (χ3v) is 4.74. The van der Waals surface area contributed by atoms with Gasteiger partial charge in [0, 0.05) is 19.2 Å². The van der Waals surface area contributed by atoms with E-state index in [0.29, 0.717) is 25.3 Å². The molecule has 0 aliphatic carbocycles. The van der Waals surface area contributed by atoms with Crippen LogP contribution in [0.15, 0.2) is 11.6 Å². The molecule has 0 spiro atoms. The van der Waals surface area contributed by atoms with Crippen molar-refractivity contribution in [2.45, 2.75) is 45.1 Å². The number of carbonyl (C=O) groups is 1. The van der Waals surface area contributed by atoms with Gasteiger partial charge in [-0.05, 0) is 50.3 Å². The smallest absolute Gasteiger partial charge is 0.244 e. The standard InChI is InChI=1S/C15H26N2O2/c1-3-15(19,4-2)11-16-14(18)9-13-10-17-7-5-12(13)6-8-17/h9,12,19H,3-8,10-11H2,1-2H3,(H,16,18)/b13-9-. The second-order valence-electron chi connectivity index (χ2n) is 5.92. The largest absolute Gasteiger partial charge is 0.388 e. The van der Waals surface area contributed by atoms with Crippen LogP contribution in [0.5, 0.6) is 0 Å². The molecule has 3 aliphatic heterocycles. The molecule has 2 bridgehead atoms. The van der Waals surface area contributed by atoms with Crippen molar-refractivity contribution in [3.05, 3.63) is 11.6 Å². The third-order valence-electron chi connectivity index (χ3n) is 4.74. The molecule has 0 aromatic heterocycles. The Morgan fingerprint density at radius 3 is 2.53 bits per heavy atom. The Morgan fingerprint density at radius 2 is 2.05 bits per heavy atom. The second kappa shape index (κ2) is 6.06. The summed E-state index contributed by atoms with van der Waals surface area (Å²) in [5, 5.41) is 13.0. The summed E-state index contributed by atoms with van der Waals surface area (Å²) in [5.74, 6) is 0.552. The van der Waals surface area contributed by atoms with E-state index in [2.05, 4.69) is 10.2 Å². The molecule has 3 heterocycles. The maximum Gasteiger partial charge on any atom is 0.244 e. The van der Waals surface area contributed by atoms with Crippen molar-refractivity contribution in [2.24, 2.45) is 5.92 Å². The van der Waals surface area contributed by atoms with E-state index >= 15 is 0 Å². The van der Waals surface area contributed by atoms with Gasteiger partial charge in [-0.15, -0.1) is 0 Å². The summed E-state index contributed by atoms with van der Waals surface area (Å²) in [7, 11) is 0. The summed E-state index contributed by atoms with van der Waals surface area (Å²) in [6.45, 7) is 7.54. The monoisotopic (exact) mass is 266 g/mol.